The van der Waals surface area contributed by atoms with E-state index in [-0.39, 0.29) is 5.88 Å². The lowest BCUT2D eigenvalue weighted by Gasteiger charge is -2.12. The quantitative estimate of drug-likeness (QED) is 0.667. The number of nitrogens with two attached hydrogens (primary N) is 1. The maximum atomic E-state index is 9.45. The summed E-state index contributed by atoms with van der Waals surface area (Å²) in [6.45, 7) is 0. The maximum Gasteiger partial charge on any atom is 0.212 e. The number of nitrogens with zero attached hydrogens (tertiary/aromatic N) is 1. The van der Waals surface area contributed by atoms with Gasteiger partial charge >= 0.3 is 0 Å². The van der Waals surface area contributed by atoms with Crippen molar-refractivity contribution in [1.82, 2.24) is 4.98 Å². The molecule has 3 aromatic rings. The molecule has 0 unspecified atom stereocenters. The maximum absolute atomic E-state index is 9.45. The minimum atomic E-state index is -0.0834. The van der Waals surface area contributed by atoms with Gasteiger partial charge in [0.25, 0.3) is 0 Å². The van der Waals surface area contributed by atoms with Gasteiger partial charge in [-0.05, 0) is 18.2 Å². The first kappa shape index (κ1) is 12.6. The lowest BCUT2D eigenvalue weighted by atomic mass is 10.1. The number of nitrogen functional groups attached to an aromatic ring is 1. The molecule has 100 valence electrons. The van der Waals surface area contributed by atoms with Gasteiger partial charge in [0, 0.05) is 27.5 Å². The van der Waals surface area contributed by atoms with Crippen LogP contribution in [-0.4, -0.2) is 10.1 Å². The first-order valence-corrected chi connectivity index (χ1v) is 6.43. The van der Waals surface area contributed by atoms with Crippen LogP contribution >= 0.6 is 11.6 Å². The molecule has 5 heteroatoms. The Hall–Kier alpha value is -2.46. The first-order valence-electron chi connectivity index (χ1n) is 6.05. The van der Waals surface area contributed by atoms with Crippen molar-refractivity contribution < 1.29 is 5.11 Å². The van der Waals surface area contributed by atoms with Gasteiger partial charge in [0.05, 0.1) is 5.69 Å². The second-order valence-corrected chi connectivity index (χ2v) is 4.78. The van der Waals surface area contributed by atoms with Crippen LogP contribution in [0.1, 0.15) is 0 Å². The molecule has 4 nitrogen and oxygen atoms in total. The molecule has 0 spiro atoms. The molecule has 0 fully saturated rings. The predicted molar refractivity (Wildman–Crippen MR) is 82.6 cm³/mol. The van der Waals surface area contributed by atoms with Crippen LogP contribution in [0.5, 0.6) is 5.88 Å². The molecule has 0 saturated heterocycles. The van der Waals surface area contributed by atoms with Crippen LogP contribution in [0.3, 0.4) is 0 Å². The number of aromatic nitrogens is 1. The van der Waals surface area contributed by atoms with Crippen molar-refractivity contribution in [1.29, 1.82) is 0 Å². The van der Waals surface area contributed by atoms with Crippen LogP contribution in [0, 0.1) is 0 Å². The molecule has 0 aliphatic heterocycles. The number of halogens is 1. The van der Waals surface area contributed by atoms with E-state index in [2.05, 4.69) is 10.3 Å². The molecule has 1 heterocycles. The van der Waals surface area contributed by atoms with E-state index in [0.717, 1.165) is 16.5 Å². The van der Waals surface area contributed by atoms with Crippen molar-refractivity contribution in [3.8, 4) is 5.88 Å². The van der Waals surface area contributed by atoms with E-state index in [9.17, 15) is 5.11 Å². The first-order chi connectivity index (χ1) is 9.65. The van der Waals surface area contributed by atoms with E-state index in [4.69, 9.17) is 17.3 Å². The molecule has 1 aromatic heterocycles. The summed E-state index contributed by atoms with van der Waals surface area (Å²) in [6.07, 6.45) is 0. The number of anilines is 3. The Labute approximate surface area is 120 Å². The second-order valence-electron chi connectivity index (χ2n) is 4.37. The van der Waals surface area contributed by atoms with E-state index >= 15 is 0 Å². The van der Waals surface area contributed by atoms with Crippen LogP contribution in [0.25, 0.3) is 10.8 Å². The van der Waals surface area contributed by atoms with Crippen LogP contribution in [0.4, 0.5) is 17.2 Å². The summed E-state index contributed by atoms with van der Waals surface area (Å²) in [7, 11) is 0. The van der Waals surface area contributed by atoms with E-state index < -0.39 is 0 Å². The van der Waals surface area contributed by atoms with Crippen LogP contribution in [-0.2, 0) is 0 Å². The average Bonchev–Trinajstić information content (AvgIpc) is 2.46. The summed E-state index contributed by atoms with van der Waals surface area (Å²) in [5.74, 6) is 0.331. The number of benzene rings is 2. The minimum absolute atomic E-state index is 0.0834. The Kier molecular flexibility index (Phi) is 3.08. The summed E-state index contributed by atoms with van der Waals surface area (Å²) in [6, 6.07) is 14.5. The SMILES string of the molecule is Nc1ccc(O)nc1Nc1ccc(Cl)c2ccccc12. The predicted octanol–water partition coefficient (Wildman–Crippen LogP) is 3.92. The highest BCUT2D eigenvalue weighted by Gasteiger charge is 2.07. The molecular weight excluding hydrogens is 274 g/mol. The number of fused-ring (bicyclic) bond motifs is 1. The van der Waals surface area contributed by atoms with Gasteiger partial charge in [0.1, 0.15) is 0 Å². The topological polar surface area (TPSA) is 71.2 Å². The van der Waals surface area contributed by atoms with Gasteiger partial charge in [-0.25, -0.2) is 0 Å². The van der Waals surface area contributed by atoms with Crippen molar-refractivity contribution >= 4 is 39.6 Å². The lowest BCUT2D eigenvalue weighted by Crippen LogP contribution is -1.99. The van der Waals surface area contributed by atoms with Crippen LogP contribution in [0.2, 0.25) is 5.02 Å². The normalized spacial score (nSPS) is 10.7. The van der Waals surface area contributed by atoms with Gasteiger partial charge in [-0.1, -0.05) is 35.9 Å². The van der Waals surface area contributed by atoms with E-state index in [1.807, 2.05) is 36.4 Å². The molecule has 0 aliphatic rings. The highest BCUT2D eigenvalue weighted by molar-refractivity contribution is 6.36. The Morgan fingerprint density at radius 3 is 2.55 bits per heavy atom. The van der Waals surface area contributed by atoms with E-state index in [0.29, 0.717) is 16.5 Å². The van der Waals surface area contributed by atoms with Gasteiger partial charge in [-0.15, -0.1) is 0 Å². The molecule has 0 saturated carbocycles. The fraction of sp³-hybridized carbons (Fsp3) is 0. The van der Waals surface area contributed by atoms with E-state index in [1.165, 1.54) is 6.07 Å². The number of pyridine rings is 1. The molecule has 3 rings (SSSR count). The number of hydrogen-bond acceptors (Lipinski definition) is 4. The Morgan fingerprint density at radius 2 is 1.75 bits per heavy atom. The Morgan fingerprint density at radius 1 is 1.00 bits per heavy atom. The summed E-state index contributed by atoms with van der Waals surface area (Å²) >= 11 is 6.18. The smallest absolute Gasteiger partial charge is 0.212 e. The van der Waals surface area contributed by atoms with Gasteiger partial charge in [0.15, 0.2) is 5.82 Å². The van der Waals surface area contributed by atoms with Crippen molar-refractivity contribution in [2.24, 2.45) is 0 Å². The van der Waals surface area contributed by atoms with Crippen molar-refractivity contribution in [2.45, 2.75) is 0 Å². The molecule has 2 aromatic carbocycles. The summed E-state index contributed by atoms with van der Waals surface area (Å²) < 4.78 is 0. The summed E-state index contributed by atoms with van der Waals surface area (Å²) in [5.41, 5.74) is 7.14. The molecule has 0 bridgehead atoms. The third kappa shape index (κ3) is 2.21. The summed E-state index contributed by atoms with van der Waals surface area (Å²) in [5, 5.41) is 15.2. The van der Waals surface area contributed by atoms with E-state index in [1.54, 1.807) is 6.07 Å². The highest BCUT2D eigenvalue weighted by atomic mass is 35.5. The van der Waals surface area contributed by atoms with Crippen LogP contribution in [0.15, 0.2) is 48.5 Å². The van der Waals surface area contributed by atoms with Gasteiger partial charge in [0.2, 0.25) is 5.88 Å². The fourth-order valence-electron chi connectivity index (χ4n) is 2.06. The third-order valence-electron chi connectivity index (χ3n) is 3.04. The fourth-order valence-corrected chi connectivity index (χ4v) is 2.29. The molecule has 4 N–H and O–H groups in total. The Bertz CT molecular complexity index is 789. The van der Waals surface area contributed by atoms with Crippen molar-refractivity contribution in [3.63, 3.8) is 0 Å². The number of nitrogens with one attached hydrogen (secondary N) is 1. The molecular formula is C15H12ClN3O. The summed E-state index contributed by atoms with van der Waals surface area (Å²) in [4.78, 5) is 3.98. The average molecular weight is 286 g/mol. The minimum Gasteiger partial charge on any atom is -0.493 e. The number of rotatable bonds is 2. The molecule has 0 atom stereocenters. The molecule has 0 radical (unpaired) electrons. The molecule has 0 amide bonds. The van der Waals surface area contributed by atoms with Gasteiger partial charge < -0.3 is 16.2 Å². The van der Waals surface area contributed by atoms with Gasteiger partial charge in [-0.3, -0.25) is 0 Å². The van der Waals surface area contributed by atoms with Crippen LogP contribution < -0.4 is 11.1 Å². The van der Waals surface area contributed by atoms with Crippen molar-refractivity contribution in [2.75, 3.05) is 11.1 Å². The van der Waals surface area contributed by atoms with Gasteiger partial charge in [-0.2, -0.15) is 4.98 Å². The zero-order valence-corrected chi connectivity index (χ0v) is 11.2. The zero-order valence-electron chi connectivity index (χ0n) is 10.5. The molecule has 20 heavy (non-hydrogen) atoms. The molecule has 0 aliphatic carbocycles. The standard InChI is InChI=1S/C15H12ClN3O/c16-11-5-7-13(10-4-2-1-3-9(10)11)18-15-12(17)6-8-14(20)19-15/h1-8H,17H2,(H2,18,19,20). The zero-order chi connectivity index (χ0) is 14.1. The highest BCUT2D eigenvalue weighted by Crippen LogP contribution is 2.32. The number of hydrogen-bond donors (Lipinski definition) is 3. The third-order valence-corrected chi connectivity index (χ3v) is 3.37. The largest absolute Gasteiger partial charge is 0.493 e. The van der Waals surface area contributed by atoms with Crippen molar-refractivity contribution in [3.05, 3.63) is 53.6 Å². The number of aromatic hydroxyl groups is 1. The monoisotopic (exact) mass is 285 g/mol. The second kappa shape index (κ2) is 4.90. The lowest BCUT2D eigenvalue weighted by molar-refractivity contribution is 0.454. The Balaban J connectivity index is 2.11.